The highest BCUT2D eigenvalue weighted by Crippen LogP contribution is 2.28. The molecule has 0 fully saturated rings. The lowest BCUT2D eigenvalue weighted by atomic mass is 9.82. The van der Waals surface area contributed by atoms with Crippen LogP contribution in [0.4, 0.5) is 4.39 Å². The summed E-state index contributed by atoms with van der Waals surface area (Å²) in [5, 5.41) is 9.96. The van der Waals surface area contributed by atoms with E-state index < -0.39 is 11.2 Å². The summed E-state index contributed by atoms with van der Waals surface area (Å²) in [7, 11) is 1.64. The SMILES string of the molecule is CC(C)([OH2+])C(C)(C)O[B]c1ccc2c(c1)oc1cc(F)ccc12. The lowest BCUT2D eigenvalue weighted by Gasteiger charge is -2.33. The molecule has 0 amide bonds. The average molecular weight is 314 g/mol. The number of furan rings is 1. The maximum atomic E-state index is 13.3. The second kappa shape index (κ2) is 5.36. The van der Waals surface area contributed by atoms with Crippen molar-refractivity contribution in [2.75, 3.05) is 0 Å². The van der Waals surface area contributed by atoms with Crippen LogP contribution in [0.25, 0.3) is 21.9 Å². The molecule has 0 spiro atoms. The van der Waals surface area contributed by atoms with E-state index in [0.29, 0.717) is 11.2 Å². The lowest BCUT2D eigenvalue weighted by Crippen LogP contribution is -2.49. The molecule has 2 aromatic carbocycles. The summed E-state index contributed by atoms with van der Waals surface area (Å²) in [5.41, 5.74) is 0.703. The van der Waals surface area contributed by atoms with E-state index in [4.69, 9.17) is 14.2 Å². The summed E-state index contributed by atoms with van der Waals surface area (Å²) in [6.07, 6.45) is 0. The van der Waals surface area contributed by atoms with Crippen molar-refractivity contribution in [3.05, 3.63) is 42.2 Å². The van der Waals surface area contributed by atoms with Crippen LogP contribution in [0.15, 0.2) is 40.8 Å². The maximum Gasteiger partial charge on any atom is 0.331 e. The van der Waals surface area contributed by atoms with E-state index in [-0.39, 0.29) is 5.82 Å². The Kier molecular flexibility index (Phi) is 3.73. The van der Waals surface area contributed by atoms with E-state index in [1.54, 1.807) is 13.5 Å². The predicted octanol–water partition coefficient (Wildman–Crippen LogP) is 3.27. The summed E-state index contributed by atoms with van der Waals surface area (Å²) in [6.45, 7) is 7.41. The molecule has 0 bridgehead atoms. The van der Waals surface area contributed by atoms with Gasteiger partial charge in [0.1, 0.15) is 22.6 Å². The standard InChI is InChI=1S/C18H19BFO3/c1-17(2,21)18(3,4)23-19-11-5-7-13-14-8-6-12(20)10-16(14)22-15(13)9-11/h5-10,21H,1-4H3/p+1. The zero-order chi connectivity index (χ0) is 16.8. The van der Waals surface area contributed by atoms with Crippen molar-refractivity contribution in [2.24, 2.45) is 0 Å². The number of hydrogen-bond acceptors (Lipinski definition) is 2. The van der Waals surface area contributed by atoms with Crippen LogP contribution in [-0.2, 0) is 4.65 Å². The highest BCUT2D eigenvalue weighted by molar-refractivity contribution is 6.47. The molecule has 0 aliphatic heterocycles. The Bertz CT molecular complexity index is 862. The van der Waals surface area contributed by atoms with Crippen molar-refractivity contribution >= 4 is 34.9 Å². The number of benzene rings is 2. The zero-order valence-electron chi connectivity index (χ0n) is 13.7. The molecular formula is C18H20BFO3+. The van der Waals surface area contributed by atoms with Gasteiger partial charge in [0.2, 0.25) is 0 Å². The Morgan fingerprint density at radius 1 is 1.00 bits per heavy atom. The van der Waals surface area contributed by atoms with Gasteiger partial charge >= 0.3 is 7.48 Å². The monoisotopic (exact) mass is 314 g/mol. The van der Waals surface area contributed by atoms with Gasteiger partial charge in [-0.1, -0.05) is 12.1 Å². The molecule has 23 heavy (non-hydrogen) atoms. The Morgan fingerprint density at radius 2 is 1.61 bits per heavy atom. The second-order valence-corrected chi connectivity index (χ2v) is 6.87. The number of fused-ring (bicyclic) bond motifs is 3. The van der Waals surface area contributed by atoms with Gasteiger partial charge in [0.25, 0.3) is 0 Å². The fourth-order valence-electron chi connectivity index (χ4n) is 2.20. The van der Waals surface area contributed by atoms with E-state index >= 15 is 0 Å². The Labute approximate surface area is 135 Å². The third kappa shape index (κ3) is 2.99. The van der Waals surface area contributed by atoms with E-state index in [9.17, 15) is 4.39 Å². The first-order valence-corrected chi connectivity index (χ1v) is 7.55. The van der Waals surface area contributed by atoms with E-state index in [2.05, 4.69) is 0 Å². The third-order valence-corrected chi connectivity index (χ3v) is 4.45. The molecule has 5 heteroatoms. The van der Waals surface area contributed by atoms with E-state index in [0.717, 1.165) is 16.2 Å². The molecule has 2 N–H and O–H groups in total. The van der Waals surface area contributed by atoms with Gasteiger partial charge in [0, 0.05) is 30.7 Å². The first kappa shape index (κ1) is 16.0. The molecule has 1 aromatic heterocycles. The predicted molar refractivity (Wildman–Crippen MR) is 91.9 cm³/mol. The van der Waals surface area contributed by atoms with Gasteiger partial charge in [-0.05, 0) is 37.5 Å². The molecule has 0 saturated heterocycles. The smallest absolute Gasteiger partial charge is 0.331 e. The molecule has 0 atom stereocenters. The van der Waals surface area contributed by atoms with Gasteiger partial charge in [-0.2, -0.15) is 0 Å². The van der Waals surface area contributed by atoms with Gasteiger partial charge in [-0.3, -0.25) is 0 Å². The summed E-state index contributed by atoms with van der Waals surface area (Å²) >= 11 is 0. The van der Waals surface area contributed by atoms with Crippen molar-refractivity contribution < 1.29 is 18.6 Å². The largest absolute Gasteiger partial charge is 0.456 e. The van der Waals surface area contributed by atoms with Crippen LogP contribution in [0.1, 0.15) is 27.7 Å². The van der Waals surface area contributed by atoms with Crippen LogP contribution < -0.4 is 5.46 Å². The average Bonchev–Trinajstić information content (AvgIpc) is 2.80. The summed E-state index contributed by atoms with van der Waals surface area (Å²) in [4.78, 5) is 0. The van der Waals surface area contributed by atoms with E-state index in [1.807, 2.05) is 45.9 Å². The minimum Gasteiger partial charge on any atom is -0.456 e. The topological polar surface area (TPSA) is 45.3 Å². The molecule has 0 unspecified atom stereocenters. The van der Waals surface area contributed by atoms with Crippen LogP contribution in [-0.4, -0.2) is 23.8 Å². The molecule has 0 saturated carbocycles. The van der Waals surface area contributed by atoms with Crippen LogP contribution >= 0.6 is 0 Å². The summed E-state index contributed by atoms with van der Waals surface area (Å²) in [5.74, 6) is -0.314. The van der Waals surface area contributed by atoms with Crippen molar-refractivity contribution in [3.63, 3.8) is 0 Å². The van der Waals surface area contributed by atoms with Crippen LogP contribution in [0.5, 0.6) is 0 Å². The fraction of sp³-hybridized carbons (Fsp3) is 0.333. The molecule has 1 radical (unpaired) electrons. The van der Waals surface area contributed by atoms with Crippen molar-refractivity contribution in [3.8, 4) is 0 Å². The van der Waals surface area contributed by atoms with Gasteiger partial charge in [0.15, 0.2) is 5.60 Å². The third-order valence-electron chi connectivity index (χ3n) is 4.45. The molecule has 119 valence electrons. The van der Waals surface area contributed by atoms with E-state index in [1.165, 1.54) is 12.1 Å². The quantitative estimate of drug-likeness (QED) is 0.548. The van der Waals surface area contributed by atoms with Crippen LogP contribution in [0.2, 0.25) is 0 Å². The van der Waals surface area contributed by atoms with Crippen molar-refractivity contribution in [2.45, 2.75) is 38.9 Å². The Balaban J connectivity index is 1.90. The van der Waals surface area contributed by atoms with Gasteiger partial charge < -0.3 is 14.2 Å². The van der Waals surface area contributed by atoms with Crippen LogP contribution in [0, 0.1) is 5.82 Å². The molecule has 3 rings (SSSR count). The zero-order valence-corrected chi connectivity index (χ0v) is 13.7. The number of rotatable bonds is 4. The number of halogens is 1. The van der Waals surface area contributed by atoms with Crippen molar-refractivity contribution in [1.29, 1.82) is 0 Å². The maximum absolute atomic E-state index is 13.3. The lowest BCUT2D eigenvalue weighted by molar-refractivity contribution is -0.0893. The van der Waals surface area contributed by atoms with Crippen LogP contribution in [0.3, 0.4) is 0 Å². The van der Waals surface area contributed by atoms with Gasteiger partial charge in [-0.25, -0.2) is 4.39 Å². The molecule has 3 aromatic rings. The minimum absolute atomic E-state index is 0.314. The normalized spacial score (nSPS) is 13.0. The highest BCUT2D eigenvalue weighted by Gasteiger charge is 2.40. The Hall–Kier alpha value is -1.85. The fourth-order valence-corrected chi connectivity index (χ4v) is 2.20. The molecule has 0 aliphatic carbocycles. The molecule has 0 aliphatic rings. The van der Waals surface area contributed by atoms with Gasteiger partial charge in [-0.15, -0.1) is 0 Å². The first-order chi connectivity index (χ1) is 10.7. The molecule has 1 heterocycles. The Morgan fingerprint density at radius 3 is 2.26 bits per heavy atom. The molecular weight excluding hydrogens is 294 g/mol. The molecule has 3 nitrogen and oxygen atoms in total. The summed E-state index contributed by atoms with van der Waals surface area (Å²) in [6, 6.07) is 10.3. The highest BCUT2D eigenvalue weighted by atomic mass is 19.1. The summed E-state index contributed by atoms with van der Waals surface area (Å²) < 4.78 is 24.8. The minimum atomic E-state index is -0.732. The second-order valence-electron chi connectivity index (χ2n) is 6.87. The van der Waals surface area contributed by atoms with Gasteiger partial charge in [0.05, 0.1) is 0 Å². The number of hydrogen-bond donors (Lipinski definition) is 0. The van der Waals surface area contributed by atoms with Crippen molar-refractivity contribution in [1.82, 2.24) is 0 Å². The first-order valence-electron chi connectivity index (χ1n) is 7.55.